The number of hydrogen-bond acceptors (Lipinski definition) is 3. The van der Waals surface area contributed by atoms with Crippen LogP contribution in [0.15, 0.2) is 0 Å². The fourth-order valence-corrected chi connectivity index (χ4v) is 1.68. The van der Waals surface area contributed by atoms with E-state index in [1.807, 2.05) is 19.0 Å². The van der Waals surface area contributed by atoms with Crippen LogP contribution < -0.4 is 0 Å². The summed E-state index contributed by atoms with van der Waals surface area (Å²) in [5.74, 6) is 0. The molecule has 0 unspecified atom stereocenters. The normalized spacial score (nSPS) is 13.3. The number of nitrogens with zero attached hydrogens (tertiary/aromatic N) is 1. The Morgan fingerprint density at radius 2 is 1.69 bits per heavy atom. The van der Waals surface area contributed by atoms with Gasteiger partial charge in [0.1, 0.15) is 0 Å². The second-order valence-electron chi connectivity index (χ2n) is 4.76. The number of ether oxygens (including phenoxy) is 1. The molecule has 0 aromatic carbocycles. The molecule has 0 spiro atoms. The van der Waals surface area contributed by atoms with Gasteiger partial charge in [-0.1, -0.05) is 39.0 Å². The van der Waals surface area contributed by atoms with Gasteiger partial charge in [0, 0.05) is 13.2 Å². The minimum absolute atomic E-state index is 0.352. The molecule has 0 aromatic heterocycles. The lowest BCUT2D eigenvalue weighted by Gasteiger charge is -2.15. The number of unbranched alkanes of at least 4 members (excludes halogenated alkanes) is 5. The zero-order valence-electron chi connectivity index (χ0n) is 11.2. The van der Waals surface area contributed by atoms with E-state index in [0.717, 1.165) is 13.0 Å². The van der Waals surface area contributed by atoms with E-state index in [0.29, 0.717) is 13.2 Å². The van der Waals surface area contributed by atoms with E-state index in [9.17, 15) is 5.11 Å². The maximum Gasteiger partial charge on any atom is 0.0899 e. The molecule has 0 aliphatic heterocycles. The largest absolute Gasteiger partial charge is 0.389 e. The highest BCUT2D eigenvalue weighted by Crippen LogP contribution is 2.04. The van der Waals surface area contributed by atoms with Gasteiger partial charge in [-0.05, 0) is 20.5 Å². The van der Waals surface area contributed by atoms with E-state index < -0.39 is 0 Å². The molecule has 0 aromatic rings. The van der Waals surface area contributed by atoms with Gasteiger partial charge in [-0.2, -0.15) is 0 Å². The van der Waals surface area contributed by atoms with E-state index in [2.05, 4.69) is 6.92 Å². The van der Waals surface area contributed by atoms with Crippen LogP contribution in [0.25, 0.3) is 0 Å². The molecule has 3 heteroatoms. The van der Waals surface area contributed by atoms with Crippen LogP contribution in [0, 0.1) is 0 Å². The number of aliphatic hydroxyl groups is 1. The van der Waals surface area contributed by atoms with Crippen LogP contribution in [0.4, 0.5) is 0 Å². The lowest BCUT2D eigenvalue weighted by atomic mass is 10.1. The minimum Gasteiger partial charge on any atom is -0.389 e. The highest BCUT2D eigenvalue weighted by molar-refractivity contribution is 4.56. The molecule has 0 radical (unpaired) electrons. The van der Waals surface area contributed by atoms with Crippen molar-refractivity contribution < 1.29 is 9.84 Å². The van der Waals surface area contributed by atoms with E-state index >= 15 is 0 Å². The molecule has 0 amide bonds. The second-order valence-corrected chi connectivity index (χ2v) is 4.76. The van der Waals surface area contributed by atoms with E-state index in [1.54, 1.807) is 0 Å². The van der Waals surface area contributed by atoms with Gasteiger partial charge in [-0.3, -0.25) is 0 Å². The van der Waals surface area contributed by atoms with Gasteiger partial charge < -0.3 is 14.7 Å². The molecule has 0 aliphatic rings. The number of hydrogen-bond donors (Lipinski definition) is 1. The zero-order chi connectivity index (χ0) is 12.2. The molecule has 0 heterocycles. The third kappa shape index (κ3) is 12.0. The molecule has 0 bridgehead atoms. The van der Waals surface area contributed by atoms with E-state index in [1.165, 1.54) is 32.1 Å². The number of aliphatic hydroxyl groups excluding tert-OH is 1. The van der Waals surface area contributed by atoms with Crippen LogP contribution in [0.5, 0.6) is 0 Å². The standard InChI is InChI=1S/C13H29NO2/c1-4-5-6-7-8-9-10-16-12-13(15)11-14(2)3/h13,15H,4-12H2,1-3H3/t13-/m0/s1. The summed E-state index contributed by atoms with van der Waals surface area (Å²) in [6.45, 7) is 4.16. The summed E-state index contributed by atoms with van der Waals surface area (Å²) in [5.41, 5.74) is 0. The Kier molecular flexibility index (Phi) is 11.3. The summed E-state index contributed by atoms with van der Waals surface area (Å²) in [4.78, 5) is 1.97. The highest BCUT2D eigenvalue weighted by Gasteiger charge is 2.04. The Hall–Kier alpha value is -0.120. The number of likely N-dealkylation sites (N-methyl/N-ethyl adjacent to an activating group) is 1. The molecule has 0 fully saturated rings. The molecule has 1 atom stereocenters. The topological polar surface area (TPSA) is 32.7 Å². The lowest BCUT2D eigenvalue weighted by molar-refractivity contribution is 0.0229. The predicted octanol–water partition coefficient (Wildman–Crippen LogP) is 2.29. The molecule has 98 valence electrons. The molecular formula is C13H29NO2. The van der Waals surface area contributed by atoms with Gasteiger partial charge in [0.15, 0.2) is 0 Å². The summed E-state index contributed by atoms with van der Waals surface area (Å²) in [6.07, 6.45) is 7.34. The van der Waals surface area contributed by atoms with Crippen molar-refractivity contribution in [2.45, 2.75) is 51.6 Å². The van der Waals surface area contributed by atoms with Crippen LogP contribution in [0.3, 0.4) is 0 Å². The Morgan fingerprint density at radius 3 is 2.31 bits per heavy atom. The van der Waals surface area contributed by atoms with Crippen LogP contribution in [-0.4, -0.2) is 50.0 Å². The van der Waals surface area contributed by atoms with E-state index in [4.69, 9.17) is 4.74 Å². The Bertz CT molecular complexity index is 140. The summed E-state index contributed by atoms with van der Waals surface area (Å²) < 4.78 is 5.43. The van der Waals surface area contributed by atoms with Gasteiger partial charge in [0.05, 0.1) is 12.7 Å². The van der Waals surface area contributed by atoms with Crippen molar-refractivity contribution in [3.63, 3.8) is 0 Å². The first-order valence-corrected chi connectivity index (χ1v) is 6.57. The van der Waals surface area contributed by atoms with Crippen molar-refractivity contribution in [3.05, 3.63) is 0 Å². The molecular weight excluding hydrogens is 202 g/mol. The molecule has 1 N–H and O–H groups in total. The summed E-state index contributed by atoms with van der Waals surface area (Å²) in [6, 6.07) is 0. The molecule has 0 saturated heterocycles. The molecule has 0 saturated carbocycles. The van der Waals surface area contributed by atoms with Crippen LogP contribution in [-0.2, 0) is 4.74 Å². The molecule has 0 rings (SSSR count). The highest BCUT2D eigenvalue weighted by atomic mass is 16.5. The molecule has 3 nitrogen and oxygen atoms in total. The van der Waals surface area contributed by atoms with Crippen molar-refractivity contribution in [1.82, 2.24) is 4.90 Å². The van der Waals surface area contributed by atoms with Crippen molar-refractivity contribution in [2.75, 3.05) is 33.9 Å². The Balaban J connectivity index is 3.08. The third-order valence-electron chi connectivity index (χ3n) is 2.53. The summed E-state index contributed by atoms with van der Waals surface area (Å²) in [5, 5.41) is 9.53. The SMILES string of the molecule is CCCCCCCCOC[C@@H](O)CN(C)C. The van der Waals surface area contributed by atoms with Crippen LogP contribution in [0.2, 0.25) is 0 Å². The third-order valence-corrected chi connectivity index (χ3v) is 2.53. The molecule has 0 aliphatic carbocycles. The van der Waals surface area contributed by atoms with Crippen molar-refractivity contribution in [3.8, 4) is 0 Å². The predicted molar refractivity (Wildman–Crippen MR) is 68.8 cm³/mol. The first kappa shape index (κ1) is 15.9. The molecule has 16 heavy (non-hydrogen) atoms. The average molecular weight is 231 g/mol. The van der Waals surface area contributed by atoms with Gasteiger partial charge in [0.25, 0.3) is 0 Å². The number of rotatable bonds is 11. The fourth-order valence-electron chi connectivity index (χ4n) is 1.68. The maximum atomic E-state index is 9.53. The smallest absolute Gasteiger partial charge is 0.0899 e. The van der Waals surface area contributed by atoms with Gasteiger partial charge in [0.2, 0.25) is 0 Å². The van der Waals surface area contributed by atoms with Crippen molar-refractivity contribution in [1.29, 1.82) is 0 Å². The van der Waals surface area contributed by atoms with Crippen molar-refractivity contribution in [2.24, 2.45) is 0 Å². The average Bonchev–Trinajstić information content (AvgIpc) is 2.21. The second kappa shape index (κ2) is 11.4. The monoisotopic (exact) mass is 231 g/mol. The van der Waals surface area contributed by atoms with Crippen molar-refractivity contribution >= 4 is 0 Å². The quantitative estimate of drug-likeness (QED) is 0.554. The summed E-state index contributed by atoms with van der Waals surface area (Å²) >= 11 is 0. The van der Waals surface area contributed by atoms with Crippen LogP contribution in [0.1, 0.15) is 45.4 Å². The Morgan fingerprint density at radius 1 is 1.06 bits per heavy atom. The van der Waals surface area contributed by atoms with Gasteiger partial charge in [-0.25, -0.2) is 0 Å². The summed E-state index contributed by atoms with van der Waals surface area (Å²) in [7, 11) is 3.91. The van der Waals surface area contributed by atoms with Gasteiger partial charge in [-0.15, -0.1) is 0 Å². The zero-order valence-corrected chi connectivity index (χ0v) is 11.2. The van der Waals surface area contributed by atoms with Crippen LogP contribution >= 0.6 is 0 Å². The maximum absolute atomic E-state index is 9.53. The lowest BCUT2D eigenvalue weighted by Crippen LogP contribution is -2.29. The Labute approximate surface area is 101 Å². The first-order valence-electron chi connectivity index (χ1n) is 6.57. The van der Waals surface area contributed by atoms with E-state index in [-0.39, 0.29) is 6.10 Å². The fraction of sp³-hybridized carbons (Fsp3) is 1.00. The first-order chi connectivity index (χ1) is 7.66. The minimum atomic E-state index is -0.352. The van der Waals surface area contributed by atoms with Gasteiger partial charge >= 0.3 is 0 Å².